The number of likely N-dealkylation sites (tertiary alicyclic amines) is 1. The predicted octanol–water partition coefficient (Wildman–Crippen LogP) is 4.44. The monoisotopic (exact) mass is 416 g/mol. The number of piperidine rings is 1. The molecule has 0 radical (unpaired) electrons. The highest BCUT2D eigenvalue weighted by atomic mass is 19.4. The van der Waals surface area contributed by atoms with Crippen molar-refractivity contribution in [2.75, 3.05) is 20.1 Å². The third-order valence-corrected chi connectivity index (χ3v) is 4.58. The predicted molar refractivity (Wildman–Crippen MR) is 100 cm³/mol. The van der Waals surface area contributed by atoms with Gasteiger partial charge in [-0.25, -0.2) is 9.59 Å². The Hall–Kier alpha value is -2.45. The van der Waals surface area contributed by atoms with Crippen LogP contribution < -0.4 is 0 Å². The molecule has 1 aromatic rings. The molecule has 29 heavy (non-hydrogen) atoms. The maximum absolute atomic E-state index is 13.4. The highest BCUT2D eigenvalue weighted by molar-refractivity contribution is 5.70. The minimum Gasteiger partial charge on any atom is -0.445 e. The van der Waals surface area contributed by atoms with Crippen molar-refractivity contribution in [3.63, 3.8) is 0 Å². The SMILES string of the molecule is CN(C(=O)OC(C)(C)C)[C@@H]1C[C@H](C(F)(F)F)CN(C(=O)OCc2ccccc2)C1. The molecule has 1 aromatic carbocycles. The van der Waals surface area contributed by atoms with Gasteiger partial charge in [0.05, 0.1) is 12.0 Å². The van der Waals surface area contributed by atoms with E-state index in [-0.39, 0.29) is 19.6 Å². The van der Waals surface area contributed by atoms with Crippen LogP contribution in [-0.4, -0.2) is 59.9 Å². The molecule has 1 fully saturated rings. The van der Waals surface area contributed by atoms with Crippen LogP contribution in [-0.2, 0) is 16.1 Å². The number of hydrogen-bond donors (Lipinski definition) is 0. The zero-order chi connectivity index (χ0) is 21.8. The molecule has 162 valence electrons. The first-order chi connectivity index (χ1) is 13.4. The van der Waals surface area contributed by atoms with E-state index in [4.69, 9.17) is 9.47 Å². The summed E-state index contributed by atoms with van der Waals surface area (Å²) in [5.41, 5.74) is -0.0507. The van der Waals surface area contributed by atoms with Crippen LogP contribution in [0.25, 0.3) is 0 Å². The Morgan fingerprint density at radius 3 is 2.31 bits per heavy atom. The van der Waals surface area contributed by atoms with Crippen molar-refractivity contribution in [2.24, 2.45) is 5.92 Å². The standard InChI is InChI=1S/C20H27F3N2O4/c1-19(2,3)29-17(26)24(4)16-10-15(20(21,22)23)11-25(12-16)18(27)28-13-14-8-6-5-7-9-14/h5-9,15-16H,10-13H2,1-4H3/t15-,16+/m0/s1. The Kier molecular flexibility index (Phi) is 7.02. The average Bonchev–Trinajstić information content (AvgIpc) is 2.63. The van der Waals surface area contributed by atoms with Gasteiger partial charge in [-0.1, -0.05) is 30.3 Å². The molecule has 6 nitrogen and oxygen atoms in total. The van der Waals surface area contributed by atoms with Crippen molar-refractivity contribution in [3.05, 3.63) is 35.9 Å². The van der Waals surface area contributed by atoms with Crippen LogP contribution in [0.5, 0.6) is 0 Å². The first-order valence-corrected chi connectivity index (χ1v) is 9.35. The molecule has 0 bridgehead atoms. The van der Waals surface area contributed by atoms with E-state index in [0.29, 0.717) is 0 Å². The first kappa shape index (κ1) is 22.8. The van der Waals surface area contributed by atoms with Gasteiger partial charge >= 0.3 is 18.4 Å². The van der Waals surface area contributed by atoms with Crippen molar-refractivity contribution in [1.82, 2.24) is 9.80 Å². The van der Waals surface area contributed by atoms with Crippen LogP contribution in [0, 0.1) is 5.92 Å². The summed E-state index contributed by atoms with van der Waals surface area (Å²) >= 11 is 0. The Morgan fingerprint density at radius 2 is 1.76 bits per heavy atom. The van der Waals surface area contributed by atoms with E-state index in [1.165, 1.54) is 7.05 Å². The number of rotatable bonds is 3. The van der Waals surface area contributed by atoms with E-state index in [2.05, 4.69) is 0 Å². The van der Waals surface area contributed by atoms with Gasteiger partial charge in [-0.2, -0.15) is 13.2 Å². The summed E-state index contributed by atoms with van der Waals surface area (Å²) in [6.45, 7) is 4.41. The Bertz CT molecular complexity index is 704. The summed E-state index contributed by atoms with van der Waals surface area (Å²) < 4.78 is 50.7. The Balaban J connectivity index is 2.09. The van der Waals surface area contributed by atoms with Gasteiger partial charge in [0, 0.05) is 20.1 Å². The third kappa shape index (κ3) is 6.83. The molecule has 0 aromatic heterocycles. The molecule has 0 unspecified atom stereocenters. The van der Waals surface area contributed by atoms with Crippen LogP contribution in [0.2, 0.25) is 0 Å². The maximum Gasteiger partial charge on any atom is 0.410 e. The Morgan fingerprint density at radius 1 is 1.14 bits per heavy atom. The lowest BCUT2D eigenvalue weighted by Crippen LogP contribution is -2.56. The zero-order valence-corrected chi connectivity index (χ0v) is 17.0. The number of alkyl halides is 3. The minimum absolute atomic E-state index is 0.0422. The second kappa shape index (κ2) is 8.92. The lowest BCUT2D eigenvalue weighted by Gasteiger charge is -2.41. The van der Waals surface area contributed by atoms with Crippen LogP contribution in [0.1, 0.15) is 32.8 Å². The number of halogens is 3. The average molecular weight is 416 g/mol. The van der Waals surface area contributed by atoms with Crippen LogP contribution in [0.4, 0.5) is 22.8 Å². The number of carbonyl (C=O) groups excluding carboxylic acids is 2. The number of hydrogen-bond acceptors (Lipinski definition) is 4. The van der Waals surface area contributed by atoms with Gasteiger partial charge in [0.1, 0.15) is 12.2 Å². The van der Waals surface area contributed by atoms with Crippen LogP contribution in [0.15, 0.2) is 30.3 Å². The second-order valence-corrected chi connectivity index (χ2v) is 8.16. The fourth-order valence-corrected chi connectivity index (χ4v) is 3.03. The molecule has 9 heteroatoms. The largest absolute Gasteiger partial charge is 0.445 e. The second-order valence-electron chi connectivity index (χ2n) is 8.16. The molecule has 1 heterocycles. The molecule has 1 aliphatic rings. The van der Waals surface area contributed by atoms with E-state index >= 15 is 0 Å². The fourth-order valence-electron chi connectivity index (χ4n) is 3.03. The molecule has 0 aliphatic carbocycles. The van der Waals surface area contributed by atoms with Gasteiger partial charge < -0.3 is 19.3 Å². The molecule has 0 N–H and O–H groups in total. The van der Waals surface area contributed by atoms with Gasteiger partial charge in [-0.15, -0.1) is 0 Å². The summed E-state index contributed by atoms with van der Waals surface area (Å²) in [5, 5.41) is 0. The van der Waals surface area contributed by atoms with Crippen LogP contribution in [0.3, 0.4) is 0 Å². The van der Waals surface area contributed by atoms with Crippen molar-refractivity contribution in [2.45, 2.75) is 51.6 Å². The molecule has 0 spiro atoms. The summed E-state index contributed by atoms with van der Waals surface area (Å²) in [6.07, 6.45) is -6.37. The summed E-state index contributed by atoms with van der Waals surface area (Å²) in [7, 11) is 1.38. The molecule has 2 rings (SSSR count). The van der Waals surface area contributed by atoms with E-state index in [1.54, 1.807) is 51.1 Å². The topological polar surface area (TPSA) is 59.1 Å². The normalized spacial score (nSPS) is 20.2. The highest BCUT2D eigenvalue weighted by Gasteiger charge is 2.47. The van der Waals surface area contributed by atoms with Gasteiger partial charge in [-0.3, -0.25) is 0 Å². The lowest BCUT2D eigenvalue weighted by atomic mass is 9.93. The number of nitrogens with zero attached hydrogens (tertiary/aromatic N) is 2. The number of ether oxygens (including phenoxy) is 2. The van der Waals surface area contributed by atoms with E-state index < -0.39 is 42.5 Å². The lowest BCUT2D eigenvalue weighted by molar-refractivity contribution is -0.190. The fraction of sp³-hybridized carbons (Fsp3) is 0.600. The summed E-state index contributed by atoms with van der Waals surface area (Å²) in [5.74, 6) is -1.75. The third-order valence-electron chi connectivity index (χ3n) is 4.58. The number of likely N-dealkylation sites (N-methyl/N-ethyl adjacent to an activating group) is 1. The zero-order valence-electron chi connectivity index (χ0n) is 17.0. The highest BCUT2D eigenvalue weighted by Crippen LogP contribution is 2.35. The van der Waals surface area contributed by atoms with Crippen LogP contribution >= 0.6 is 0 Å². The molecular formula is C20H27F3N2O4. The van der Waals surface area contributed by atoms with E-state index in [0.717, 1.165) is 15.4 Å². The number of carbonyl (C=O) groups is 2. The molecule has 1 saturated heterocycles. The van der Waals surface area contributed by atoms with E-state index in [1.807, 2.05) is 0 Å². The van der Waals surface area contributed by atoms with Gasteiger partial charge in [0.15, 0.2) is 0 Å². The summed E-state index contributed by atoms with van der Waals surface area (Å²) in [4.78, 5) is 26.8. The smallest absolute Gasteiger partial charge is 0.410 e. The number of amides is 2. The quantitative estimate of drug-likeness (QED) is 0.731. The maximum atomic E-state index is 13.4. The molecule has 1 aliphatic heterocycles. The Labute approximate surface area is 168 Å². The minimum atomic E-state index is -4.49. The van der Waals surface area contributed by atoms with Gasteiger partial charge in [-0.05, 0) is 32.8 Å². The van der Waals surface area contributed by atoms with Crippen molar-refractivity contribution in [3.8, 4) is 0 Å². The molecule has 0 saturated carbocycles. The molecule has 2 atom stereocenters. The van der Waals surface area contributed by atoms with Crippen molar-refractivity contribution < 1.29 is 32.2 Å². The molecular weight excluding hydrogens is 389 g/mol. The van der Waals surface area contributed by atoms with E-state index in [9.17, 15) is 22.8 Å². The van der Waals surface area contributed by atoms with Crippen molar-refractivity contribution in [1.29, 1.82) is 0 Å². The van der Waals surface area contributed by atoms with Gasteiger partial charge in [0.25, 0.3) is 0 Å². The van der Waals surface area contributed by atoms with Crippen molar-refractivity contribution >= 4 is 12.2 Å². The van der Waals surface area contributed by atoms with Gasteiger partial charge in [0.2, 0.25) is 0 Å². The summed E-state index contributed by atoms with van der Waals surface area (Å²) in [6, 6.07) is 8.02. The number of benzene rings is 1. The molecule has 2 amide bonds. The first-order valence-electron chi connectivity index (χ1n) is 9.35.